The van der Waals surface area contributed by atoms with Gasteiger partial charge in [-0.25, -0.2) is 4.31 Å². The minimum Gasteiger partial charge on any atom is -0.269 e. The third kappa shape index (κ3) is 2.79. The van der Waals surface area contributed by atoms with Crippen molar-refractivity contribution in [3.63, 3.8) is 0 Å². The van der Waals surface area contributed by atoms with E-state index in [1.807, 2.05) is 0 Å². The Balaban J connectivity index is 4.22. The number of hydrogen-bond acceptors (Lipinski definition) is 3. The molecule has 0 aromatic carbocycles. The Kier molecular flexibility index (Phi) is 3.31. The molecule has 0 aliphatic rings. The summed E-state index contributed by atoms with van der Waals surface area (Å²) in [5.41, 5.74) is 0. The topological polar surface area (TPSA) is 74.7 Å². The molecule has 59 valence electrons. The van der Waals surface area contributed by atoms with Crippen LogP contribution in [0.3, 0.4) is 0 Å². The second-order valence-electron chi connectivity index (χ2n) is 1.64. The average Bonchev–Trinajstić information content (AvgIpc) is 1.80. The van der Waals surface area contributed by atoms with Crippen molar-refractivity contribution in [3.8, 4) is 0 Å². The quantitative estimate of drug-likeness (QED) is 0.454. The summed E-state index contributed by atoms with van der Waals surface area (Å²) in [6, 6.07) is 0. The molecule has 0 aliphatic carbocycles. The van der Waals surface area contributed by atoms with Gasteiger partial charge in [-0.2, -0.15) is 8.42 Å². The van der Waals surface area contributed by atoms with Crippen LogP contribution >= 0.6 is 0 Å². The molecule has 0 atom stereocenters. The van der Waals surface area contributed by atoms with Gasteiger partial charge in [-0.1, -0.05) is 6.92 Å². The first-order valence-electron chi connectivity index (χ1n) is 2.65. The van der Waals surface area contributed by atoms with Crippen LogP contribution in [-0.4, -0.2) is 30.2 Å². The maximum atomic E-state index is 10.2. The van der Waals surface area contributed by atoms with Gasteiger partial charge in [0.2, 0.25) is 0 Å². The molecule has 6 heteroatoms. The van der Waals surface area contributed by atoms with Crippen molar-refractivity contribution in [2.75, 3.05) is 6.54 Å². The first kappa shape index (κ1) is 9.38. The van der Waals surface area contributed by atoms with Gasteiger partial charge < -0.3 is 0 Å². The molecule has 1 radical (unpaired) electrons. The predicted octanol–water partition coefficient (Wildman–Crippen LogP) is -0.432. The van der Waals surface area contributed by atoms with Crippen molar-refractivity contribution in [2.24, 2.45) is 0 Å². The van der Waals surface area contributed by atoms with Gasteiger partial charge in [-0.3, -0.25) is 9.35 Å². The zero-order chi connectivity index (χ0) is 8.20. The van der Waals surface area contributed by atoms with Crippen LogP contribution < -0.4 is 0 Å². The van der Waals surface area contributed by atoms with Gasteiger partial charge in [-0.15, -0.1) is 0 Å². The Hall–Kier alpha value is -0.620. The third-order valence-corrected chi connectivity index (χ3v) is 1.62. The Bertz CT molecular complexity index is 197. The first-order chi connectivity index (χ1) is 4.52. The van der Waals surface area contributed by atoms with E-state index in [2.05, 4.69) is 0 Å². The monoisotopic (exact) mass is 166 g/mol. The van der Waals surface area contributed by atoms with Crippen LogP contribution in [0.25, 0.3) is 0 Å². The predicted molar refractivity (Wildman–Crippen MR) is 34.2 cm³/mol. The molecule has 0 aromatic rings. The van der Waals surface area contributed by atoms with Crippen molar-refractivity contribution < 1.29 is 17.8 Å². The lowest BCUT2D eigenvalue weighted by atomic mass is 10.5. The fraction of sp³-hybridized carbons (Fsp3) is 0.750. The molecule has 0 unspecified atom stereocenters. The van der Waals surface area contributed by atoms with E-state index in [0.717, 1.165) is 6.41 Å². The molecule has 0 rings (SSSR count). The van der Waals surface area contributed by atoms with Gasteiger partial charge in [0.15, 0.2) is 0 Å². The minimum absolute atomic E-state index is 0.0394. The van der Waals surface area contributed by atoms with Crippen molar-refractivity contribution in [2.45, 2.75) is 13.3 Å². The SMILES string of the molecule is CCCN([C]=O)S(=O)(=O)O. The van der Waals surface area contributed by atoms with Crippen molar-refractivity contribution in [1.82, 2.24) is 4.31 Å². The zero-order valence-corrected chi connectivity index (χ0v) is 6.26. The lowest BCUT2D eigenvalue weighted by molar-refractivity contribution is 0.403. The minimum atomic E-state index is -4.37. The smallest absolute Gasteiger partial charge is 0.269 e. The standard InChI is InChI=1S/C4H8NO4S/c1-2-3-5(4-6)10(7,8)9/h2-3H2,1H3,(H,7,8,9). The van der Waals surface area contributed by atoms with Gasteiger partial charge in [0.1, 0.15) is 0 Å². The summed E-state index contributed by atoms with van der Waals surface area (Å²) < 4.78 is 28.8. The Morgan fingerprint density at radius 2 is 2.10 bits per heavy atom. The second-order valence-corrected chi connectivity index (χ2v) is 2.98. The molecule has 0 aromatic heterocycles. The fourth-order valence-corrected chi connectivity index (χ4v) is 0.919. The van der Waals surface area contributed by atoms with Crippen molar-refractivity contribution in [1.29, 1.82) is 0 Å². The maximum absolute atomic E-state index is 10.2. The molecule has 0 heterocycles. The highest BCUT2D eigenvalue weighted by Gasteiger charge is 2.15. The van der Waals surface area contributed by atoms with Crippen LogP contribution in [0, 0.1) is 0 Å². The van der Waals surface area contributed by atoms with Crippen LogP contribution in [-0.2, 0) is 15.1 Å². The van der Waals surface area contributed by atoms with E-state index in [9.17, 15) is 13.2 Å². The summed E-state index contributed by atoms with van der Waals surface area (Å²) in [5.74, 6) is 0. The van der Waals surface area contributed by atoms with Crippen LogP contribution in [0.5, 0.6) is 0 Å². The molecule has 5 nitrogen and oxygen atoms in total. The number of hydrogen-bond donors (Lipinski definition) is 1. The molecule has 0 aliphatic heterocycles. The Morgan fingerprint density at radius 3 is 2.20 bits per heavy atom. The number of nitrogens with zero attached hydrogens (tertiary/aromatic N) is 1. The fourth-order valence-electron chi connectivity index (χ4n) is 0.411. The van der Waals surface area contributed by atoms with E-state index in [4.69, 9.17) is 4.55 Å². The van der Waals surface area contributed by atoms with Gasteiger partial charge in [0.25, 0.3) is 0 Å². The summed E-state index contributed by atoms with van der Waals surface area (Å²) in [6.45, 7) is 1.64. The highest BCUT2D eigenvalue weighted by Crippen LogP contribution is 1.93. The van der Waals surface area contributed by atoms with E-state index in [1.165, 1.54) is 0 Å². The van der Waals surface area contributed by atoms with Gasteiger partial charge in [0.05, 0.1) is 0 Å². The van der Waals surface area contributed by atoms with Crippen LogP contribution in [0.4, 0.5) is 0 Å². The molecule has 10 heavy (non-hydrogen) atoms. The van der Waals surface area contributed by atoms with E-state index >= 15 is 0 Å². The molecule has 0 saturated carbocycles. The summed E-state index contributed by atoms with van der Waals surface area (Å²) in [5, 5.41) is 0. The van der Waals surface area contributed by atoms with Gasteiger partial charge in [-0.05, 0) is 6.42 Å². The van der Waals surface area contributed by atoms with Gasteiger partial charge >= 0.3 is 16.7 Å². The summed E-state index contributed by atoms with van der Waals surface area (Å²) >= 11 is 0. The van der Waals surface area contributed by atoms with Gasteiger partial charge in [0, 0.05) is 6.54 Å². The lowest BCUT2D eigenvalue weighted by Crippen LogP contribution is -2.29. The van der Waals surface area contributed by atoms with Crippen LogP contribution in [0.1, 0.15) is 13.3 Å². The summed E-state index contributed by atoms with van der Waals surface area (Å²) in [7, 11) is -4.37. The summed E-state index contributed by atoms with van der Waals surface area (Å²) in [6.07, 6.45) is 1.54. The number of carbonyl (C=O) groups excluding carboxylic acids is 1. The highest BCUT2D eigenvalue weighted by atomic mass is 32.2. The first-order valence-corrected chi connectivity index (χ1v) is 4.05. The largest absolute Gasteiger partial charge is 0.362 e. The molecule has 0 bridgehead atoms. The van der Waals surface area contributed by atoms with E-state index in [1.54, 1.807) is 6.92 Å². The lowest BCUT2D eigenvalue weighted by Gasteiger charge is -2.08. The van der Waals surface area contributed by atoms with E-state index < -0.39 is 10.3 Å². The zero-order valence-electron chi connectivity index (χ0n) is 5.44. The van der Waals surface area contributed by atoms with E-state index in [-0.39, 0.29) is 10.8 Å². The third-order valence-electron chi connectivity index (χ3n) is 0.807. The molecular weight excluding hydrogens is 158 g/mol. The Labute approximate surface area is 59.5 Å². The molecule has 0 spiro atoms. The van der Waals surface area contributed by atoms with E-state index in [0.29, 0.717) is 6.42 Å². The molecule has 1 amide bonds. The normalized spacial score (nSPS) is 11.0. The number of rotatable bonds is 4. The molecular formula is C4H8NO4S. The molecule has 0 saturated heterocycles. The van der Waals surface area contributed by atoms with Crippen LogP contribution in [0.15, 0.2) is 0 Å². The van der Waals surface area contributed by atoms with Crippen LogP contribution in [0.2, 0.25) is 0 Å². The van der Waals surface area contributed by atoms with Crippen molar-refractivity contribution >= 4 is 16.7 Å². The molecule has 0 fully saturated rings. The van der Waals surface area contributed by atoms with Crippen molar-refractivity contribution in [3.05, 3.63) is 0 Å². The maximum Gasteiger partial charge on any atom is 0.362 e. The highest BCUT2D eigenvalue weighted by molar-refractivity contribution is 7.83. The number of amides is 1. The molecule has 1 N–H and O–H groups in total. The second kappa shape index (κ2) is 3.52. The average molecular weight is 166 g/mol. The summed E-state index contributed by atoms with van der Waals surface area (Å²) in [4.78, 5) is 9.80. The Morgan fingerprint density at radius 1 is 1.60 bits per heavy atom.